The van der Waals surface area contributed by atoms with Crippen LogP contribution in [0.2, 0.25) is 0 Å². The monoisotopic (exact) mass is 472 g/mol. The molecule has 0 radical (unpaired) electrons. The van der Waals surface area contributed by atoms with E-state index in [4.69, 9.17) is 9.47 Å². The zero-order valence-corrected chi connectivity index (χ0v) is 20.0. The van der Waals surface area contributed by atoms with Gasteiger partial charge in [0, 0.05) is 24.5 Å². The molecule has 1 fully saturated rings. The third kappa shape index (κ3) is 4.89. The summed E-state index contributed by atoms with van der Waals surface area (Å²) in [6.07, 6.45) is 4.18. The van der Waals surface area contributed by atoms with Crippen molar-refractivity contribution >= 4 is 17.4 Å². The molecule has 1 N–H and O–H groups in total. The molecule has 1 aliphatic heterocycles. The van der Waals surface area contributed by atoms with Crippen molar-refractivity contribution in [2.24, 2.45) is 0 Å². The Morgan fingerprint density at radius 2 is 1.89 bits per heavy atom. The average Bonchev–Trinajstić information content (AvgIpc) is 3.13. The maximum Gasteiger partial charge on any atom is 0.295 e. The molecule has 0 spiro atoms. The Bertz CT molecular complexity index is 1250. The number of likely N-dealkylation sites (tertiary alicyclic amines) is 1. The van der Waals surface area contributed by atoms with Crippen LogP contribution in [0.1, 0.15) is 41.6 Å². The van der Waals surface area contributed by atoms with E-state index in [1.165, 1.54) is 4.90 Å². The van der Waals surface area contributed by atoms with E-state index in [-0.39, 0.29) is 17.9 Å². The van der Waals surface area contributed by atoms with Gasteiger partial charge >= 0.3 is 0 Å². The minimum Gasteiger partial charge on any atom is -0.507 e. The smallest absolute Gasteiger partial charge is 0.295 e. The zero-order valence-electron chi connectivity index (χ0n) is 20.0. The summed E-state index contributed by atoms with van der Waals surface area (Å²) in [5, 5.41) is 11.3. The van der Waals surface area contributed by atoms with E-state index in [0.717, 1.165) is 17.5 Å². The van der Waals surface area contributed by atoms with E-state index in [2.05, 4.69) is 4.98 Å². The molecule has 1 atom stereocenters. The molecule has 1 saturated heterocycles. The minimum atomic E-state index is -0.766. The predicted octanol–water partition coefficient (Wildman–Crippen LogP) is 4.81. The summed E-state index contributed by atoms with van der Waals surface area (Å²) in [5.74, 6) is -0.251. The molecule has 7 heteroatoms. The summed E-state index contributed by atoms with van der Waals surface area (Å²) < 4.78 is 11.0. The number of aromatic nitrogens is 1. The van der Waals surface area contributed by atoms with Crippen LogP contribution >= 0.6 is 0 Å². The third-order valence-corrected chi connectivity index (χ3v) is 5.96. The highest BCUT2D eigenvalue weighted by molar-refractivity contribution is 6.46. The Hall–Kier alpha value is -4.13. The summed E-state index contributed by atoms with van der Waals surface area (Å²) in [6, 6.07) is 15.2. The van der Waals surface area contributed by atoms with E-state index in [1.807, 2.05) is 19.9 Å². The number of aliphatic hydroxyl groups excluding tert-OH is 1. The van der Waals surface area contributed by atoms with Crippen LogP contribution in [-0.4, -0.2) is 40.4 Å². The number of ether oxygens (including phenoxy) is 2. The molecule has 4 rings (SSSR count). The predicted molar refractivity (Wildman–Crippen MR) is 132 cm³/mol. The second kappa shape index (κ2) is 10.4. The van der Waals surface area contributed by atoms with Crippen molar-refractivity contribution in [2.45, 2.75) is 32.9 Å². The molecule has 0 bridgehead atoms. The number of carbonyl (C=O) groups excluding carboxylic acids is 2. The average molecular weight is 473 g/mol. The molecular formula is C28H28N2O5. The lowest BCUT2D eigenvalue weighted by molar-refractivity contribution is -0.140. The van der Waals surface area contributed by atoms with Crippen LogP contribution in [0.5, 0.6) is 11.5 Å². The Kier molecular flexibility index (Phi) is 7.15. The van der Waals surface area contributed by atoms with Crippen LogP contribution < -0.4 is 9.47 Å². The van der Waals surface area contributed by atoms with Gasteiger partial charge in [-0.2, -0.15) is 0 Å². The van der Waals surface area contributed by atoms with Gasteiger partial charge < -0.3 is 19.5 Å². The minimum absolute atomic E-state index is 0.0469. The highest BCUT2D eigenvalue weighted by Gasteiger charge is 2.46. The molecule has 180 valence electrons. The topological polar surface area (TPSA) is 89.0 Å². The summed E-state index contributed by atoms with van der Waals surface area (Å²) in [6.45, 7) is 4.67. The number of aryl methyl sites for hydroxylation is 1. The molecule has 2 aromatic carbocycles. The van der Waals surface area contributed by atoms with Gasteiger partial charge in [0.05, 0.1) is 25.3 Å². The molecule has 0 aliphatic carbocycles. The number of hydrogen-bond donors (Lipinski definition) is 1. The fourth-order valence-electron chi connectivity index (χ4n) is 4.19. The lowest BCUT2D eigenvalue weighted by atomic mass is 9.94. The first-order valence-electron chi connectivity index (χ1n) is 11.5. The number of ketones is 1. The Labute approximate surface area is 204 Å². The number of methoxy groups -OCH3 is 1. The Morgan fingerprint density at radius 3 is 2.51 bits per heavy atom. The molecule has 1 aliphatic rings. The normalized spacial score (nSPS) is 17.0. The SMILES string of the molecule is CCCOc1ccc(/C(O)=C2/C(=O)C(=O)N(Cc3cccnc3)C2c2ccc(OC)cc2)cc1C. The second-order valence-electron chi connectivity index (χ2n) is 8.39. The summed E-state index contributed by atoms with van der Waals surface area (Å²) in [5.41, 5.74) is 2.79. The van der Waals surface area contributed by atoms with Crippen LogP contribution in [-0.2, 0) is 16.1 Å². The number of Topliss-reactive ketones (excluding diaryl/α,β-unsaturated/α-hetero) is 1. The largest absolute Gasteiger partial charge is 0.507 e. The standard InChI is InChI=1S/C28H28N2O5/c1-4-14-35-23-12-9-21(15-18(23)2)26(31)24-25(20-7-10-22(34-3)11-8-20)30(28(33)27(24)32)17-19-6-5-13-29-16-19/h5-13,15-16,25,31H,4,14,17H2,1-3H3/b26-24-. The van der Waals surface area contributed by atoms with Crippen molar-refractivity contribution in [3.63, 3.8) is 0 Å². The maximum absolute atomic E-state index is 13.2. The van der Waals surface area contributed by atoms with Crippen molar-refractivity contribution in [3.05, 3.63) is 94.8 Å². The van der Waals surface area contributed by atoms with Gasteiger partial charge in [-0.25, -0.2) is 0 Å². The molecule has 1 aromatic heterocycles. The van der Waals surface area contributed by atoms with E-state index < -0.39 is 17.7 Å². The molecule has 7 nitrogen and oxygen atoms in total. The molecule has 0 saturated carbocycles. The maximum atomic E-state index is 13.2. The first-order valence-corrected chi connectivity index (χ1v) is 11.5. The fraction of sp³-hybridized carbons (Fsp3) is 0.250. The van der Waals surface area contributed by atoms with Crippen LogP contribution in [0.4, 0.5) is 0 Å². The van der Waals surface area contributed by atoms with E-state index in [0.29, 0.717) is 29.2 Å². The number of carbonyl (C=O) groups is 2. The molecule has 1 unspecified atom stereocenters. The van der Waals surface area contributed by atoms with Crippen molar-refractivity contribution in [1.82, 2.24) is 9.88 Å². The lowest BCUT2D eigenvalue weighted by Gasteiger charge is -2.25. The number of benzene rings is 2. The number of rotatable bonds is 8. The first-order chi connectivity index (χ1) is 16.9. The summed E-state index contributed by atoms with van der Waals surface area (Å²) in [4.78, 5) is 32.0. The summed E-state index contributed by atoms with van der Waals surface area (Å²) >= 11 is 0. The van der Waals surface area contributed by atoms with Gasteiger partial charge in [0.25, 0.3) is 11.7 Å². The first kappa shape index (κ1) is 24.0. The number of amides is 1. The molecule has 35 heavy (non-hydrogen) atoms. The van der Waals surface area contributed by atoms with E-state index in [9.17, 15) is 14.7 Å². The highest BCUT2D eigenvalue weighted by Crippen LogP contribution is 2.41. The quantitative estimate of drug-likeness (QED) is 0.288. The van der Waals surface area contributed by atoms with E-state index in [1.54, 1.807) is 68.0 Å². The van der Waals surface area contributed by atoms with Gasteiger partial charge in [-0.15, -0.1) is 0 Å². The van der Waals surface area contributed by atoms with E-state index >= 15 is 0 Å². The van der Waals surface area contributed by atoms with Crippen LogP contribution in [0.15, 0.2) is 72.6 Å². The molecule has 2 heterocycles. The highest BCUT2D eigenvalue weighted by atomic mass is 16.5. The fourth-order valence-corrected chi connectivity index (χ4v) is 4.19. The Balaban J connectivity index is 1.81. The third-order valence-electron chi connectivity index (χ3n) is 5.96. The second-order valence-corrected chi connectivity index (χ2v) is 8.39. The van der Waals surface area contributed by atoms with Crippen molar-refractivity contribution < 1.29 is 24.2 Å². The Morgan fingerprint density at radius 1 is 1.11 bits per heavy atom. The number of nitrogens with zero attached hydrogens (tertiary/aromatic N) is 2. The van der Waals surface area contributed by atoms with Crippen LogP contribution in [0.3, 0.4) is 0 Å². The van der Waals surface area contributed by atoms with Crippen molar-refractivity contribution in [2.75, 3.05) is 13.7 Å². The van der Waals surface area contributed by atoms with Crippen molar-refractivity contribution in [1.29, 1.82) is 0 Å². The molecular weight excluding hydrogens is 444 g/mol. The zero-order chi connectivity index (χ0) is 24.9. The van der Waals surface area contributed by atoms with Gasteiger partial charge in [0.2, 0.25) is 0 Å². The lowest BCUT2D eigenvalue weighted by Crippen LogP contribution is -2.29. The number of aliphatic hydroxyl groups is 1. The van der Waals surface area contributed by atoms with Crippen molar-refractivity contribution in [3.8, 4) is 11.5 Å². The van der Waals surface area contributed by atoms with Crippen LogP contribution in [0, 0.1) is 6.92 Å². The number of pyridine rings is 1. The molecule has 1 amide bonds. The van der Waals surface area contributed by atoms with Gasteiger partial charge in [0.1, 0.15) is 17.3 Å². The van der Waals surface area contributed by atoms with Crippen LogP contribution in [0.25, 0.3) is 5.76 Å². The van der Waals surface area contributed by atoms with Gasteiger partial charge in [-0.05, 0) is 66.4 Å². The van der Waals surface area contributed by atoms with Gasteiger partial charge in [-0.3, -0.25) is 14.6 Å². The molecule has 3 aromatic rings. The van der Waals surface area contributed by atoms with Gasteiger partial charge in [-0.1, -0.05) is 25.1 Å². The van der Waals surface area contributed by atoms with Gasteiger partial charge in [0.15, 0.2) is 0 Å². The number of hydrogen-bond acceptors (Lipinski definition) is 6. The summed E-state index contributed by atoms with van der Waals surface area (Å²) in [7, 11) is 1.57.